The Morgan fingerprint density at radius 1 is 1.38 bits per heavy atom. The molecule has 1 aromatic rings. The van der Waals surface area contributed by atoms with E-state index in [-0.39, 0.29) is 40.4 Å². The molecular formula is C15H20F3N5O2S. The van der Waals surface area contributed by atoms with Crippen LogP contribution in [0.5, 0.6) is 0 Å². The third-order valence-electron chi connectivity index (χ3n) is 3.57. The Morgan fingerprint density at radius 3 is 2.58 bits per heavy atom. The van der Waals surface area contributed by atoms with Gasteiger partial charge in [-0.25, -0.2) is 0 Å². The first-order chi connectivity index (χ1) is 12.1. The molecule has 0 unspecified atom stereocenters. The molecule has 11 heteroatoms. The predicted molar refractivity (Wildman–Crippen MR) is 90.5 cm³/mol. The number of alkyl halides is 3. The quantitative estimate of drug-likeness (QED) is 0.618. The number of nitrogens with one attached hydrogen (secondary N) is 3. The van der Waals surface area contributed by atoms with Crippen LogP contribution in [0.1, 0.15) is 31.7 Å². The topological polar surface area (TPSA) is 96.0 Å². The van der Waals surface area contributed by atoms with Crippen molar-refractivity contribution >= 4 is 28.3 Å². The third-order valence-corrected chi connectivity index (χ3v) is 4.45. The lowest BCUT2D eigenvalue weighted by Gasteiger charge is -2.28. The highest BCUT2D eigenvalue weighted by atomic mass is 32.1. The first-order valence-electron chi connectivity index (χ1n) is 8.09. The van der Waals surface area contributed by atoms with Crippen molar-refractivity contribution in [3.05, 3.63) is 17.2 Å². The van der Waals surface area contributed by atoms with Gasteiger partial charge in [0.15, 0.2) is 0 Å². The molecule has 1 aromatic heterocycles. The number of hydrogen-bond donors (Lipinski definition) is 3. The number of nitrogens with zero attached hydrogens (tertiary/aromatic N) is 2. The predicted octanol–water partition coefficient (Wildman–Crippen LogP) is 1.94. The number of aromatic nitrogens is 2. The Balaban J connectivity index is 1.93. The molecule has 0 aliphatic carbocycles. The van der Waals surface area contributed by atoms with Gasteiger partial charge in [0.2, 0.25) is 22.0 Å². The summed E-state index contributed by atoms with van der Waals surface area (Å²) < 4.78 is 37.4. The van der Waals surface area contributed by atoms with Crippen molar-refractivity contribution in [3.8, 4) is 0 Å². The molecule has 0 saturated carbocycles. The summed E-state index contributed by atoms with van der Waals surface area (Å²) in [5.41, 5.74) is 0. The standard InChI is InChI=1S/C15H20F3N5O2S/c1-8(2)7-9(20-12(25)10-5-6-19-10)3-4-11(24)21-14-23-22-13(26-14)15(16,17)18/h3-4,8-10,19H,5-7H2,1-2H3,(H,20,25)(H,21,23,24)/b4-3+/t9-,10+/m1/s1. The number of carbonyl (C=O) groups is 2. The van der Waals surface area contributed by atoms with Gasteiger partial charge >= 0.3 is 6.18 Å². The number of carbonyl (C=O) groups excluding carboxylic acids is 2. The molecule has 1 aliphatic rings. The largest absolute Gasteiger partial charge is 0.445 e. The average molecular weight is 391 g/mol. The zero-order valence-corrected chi connectivity index (χ0v) is 15.1. The summed E-state index contributed by atoms with van der Waals surface area (Å²) in [5.74, 6) is -0.495. The van der Waals surface area contributed by atoms with Crippen molar-refractivity contribution in [2.24, 2.45) is 5.92 Å². The average Bonchev–Trinajstić information content (AvgIpc) is 2.90. The van der Waals surface area contributed by atoms with Gasteiger partial charge in [0.05, 0.1) is 6.04 Å². The summed E-state index contributed by atoms with van der Waals surface area (Å²) in [5, 5.41) is 13.0. The molecule has 3 N–H and O–H groups in total. The lowest BCUT2D eigenvalue weighted by molar-refractivity contribution is -0.138. The summed E-state index contributed by atoms with van der Waals surface area (Å²) in [6.07, 6.45) is -0.505. The lowest BCUT2D eigenvalue weighted by Crippen LogP contribution is -2.55. The molecule has 0 radical (unpaired) electrons. The second kappa shape index (κ2) is 8.58. The van der Waals surface area contributed by atoms with E-state index in [0.717, 1.165) is 13.0 Å². The van der Waals surface area contributed by atoms with E-state index < -0.39 is 17.1 Å². The van der Waals surface area contributed by atoms with Crippen molar-refractivity contribution in [2.45, 2.75) is 44.9 Å². The van der Waals surface area contributed by atoms with Crippen LogP contribution in [0.3, 0.4) is 0 Å². The Kier molecular flexibility index (Phi) is 6.70. The molecule has 0 bridgehead atoms. The second-order valence-corrected chi connectivity index (χ2v) is 7.28. The normalized spacial score (nSPS) is 18.6. The minimum Gasteiger partial charge on any atom is -0.349 e. The fourth-order valence-corrected chi connectivity index (χ4v) is 2.84. The van der Waals surface area contributed by atoms with E-state index in [4.69, 9.17) is 0 Å². The van der Waals surface area contributed by atoms with Gasteiger partial charge in [-0.3, -0.25) is 14.9 Å². The molecule has 26 heavy (non-hydrogen) atoms. The van der Waals surface area contributed by atoms with Crippen LogP contribution < -0.4 is 16.0 Å². The first-order valence-corrected chi connectivity index (χ1v) is 8.90. The summed E-state index contributed by atoms with van der Waals surface area (Å²) in [6, 6.07) is -0.565. The molecule has 0 aromatic carbocycles. The number of anilines is 1. The second-order valence-electron chi connectivity index (χ2n) is 6.30. The number of halogens is 3. The van der Waals surface area contributed by atoms with Crippen LogP contribution in [0.15, 0.2) is 12.2 Å². The van der Waals surface area contributed by atoms with E-state index in [1.807, 2.05) is 13.8 Å². The number of amides is 2. The molecule has 2 rings (SSSR count). The maximum absolute atomic E-state index is 12.5. The van der Waals surface area contributed by atoms with Crippen molar-refractivity contribution in [2.75, 3.05) is 11.9 Å². The van der Waals surface area contributed by atoms with Gasteiger partial charge in [-0.1, -0.05) is 31.3 Å². The highest BCUT2D eigenvalue weighted by Gasteiger charge is 2.35. The molecule has 1 fully saturated rings. The van der Waals surface area contributed by atoms with Crippen molar-refractivity contribution < 1.29 is 22.8 Å². The van der Waals surface area contributed by atoms with E-state index in [1.54, 1.807) is 0 Å². The summed E-state index contributed by atoms with van der Waals surface area (Å²) in [7, 11) is 0. The van der Waals surface area contributed by atoms with Gasteiger partial charge in [0, 0.05) is 12.1 Å². The Labute approximate surface area is 152 Å². The van der Waals surface area contributed by atoms with Crippen molar-refractivity contribution in [3.63, 3.8) is 0 Å². The smallest absolute Gasteiger partial charge is 0.349 e. The van der Waals surface area contributed by atoms with E-state index in [1.165, 1.54) is 12.2 Å². The van der Waals surface area contributed by atoms with E-state index in [9.17, 15) is 22.8 Å². The van der Waals surface area contributed by atoms with Gasteiger partial charge in [-0.05, 0) is 25.3 Å². The molecule has 144 valence electrons. The number of rotatable bonds is 7. The van der Waals surface area contributed by atoms with Crippen LogP contribution in [0.4, 0.5) is 18.3 Å². The minimum atomic E-state index is -4.60. The van der Waals surface area contributed by atoms with Crippen molar-refractivity contribution in [1.29, 1.82) is 0 Å². The van der Waals surface area contributed by atoms with Gasteiger partial charge in [-0.15, -0.1) is 10.2 Å². The van der Waals surface area contributed by atoms with Crippen LogP contribution in [-0.4, -0.2) is 40.6 Å². The zero-order valence-electron chi connectivity index (χ0n) is 14.3. The number of hydrogen-bond acceptors (Lipinski definition) is 6. The maximum atomic E-state index is 12.5. The third kappa shape index (κ3) is 6.06. The molecular weight excluding hydrogens is 371 g/mol. The van der Waals surface area contributed by atoms with Gasteiger partial charge in [-0.2, -0.15) is 13.2 Å². The van der Waals surface area contributed by atoms with Crippen LogP contribution in [0.2, 0.25) is 0 Å². The highest BCUT2D eigenvalue weighted by Crippen LogP contribution is 2.32. The van der Waals surface area contributed by atoms with Crippen LogP contribution in [0, 0.1) is 5.92 Å². The van der Waals surface area contributed by atoms with Crippen LogP contribution in [-0.2, 0) is 15.8 Å². The SMILES string of the molecule is CC(C)C[C@@H](/C=C/C(=O)Nc1nnc(C(F)(F)F)s1)NC(=O)[C@@H]1CCN1. The maximum Gasteiger partial charge on any atom is 0.445 e. The monoisotopic (exact) mass is 391 g/mol. The summed E-state index contributed by atoms with van der Waals surface area (Å²) >= 11 is 0.247. The van der Waals surface area contributed by atoms with Crippen LogP contribution >= 0.6 is 11.3 Å². The van der Waals surface area contributed by atoms with E-state index in [2.05, 4.69) is 26.1 Å². The molecule has 2 atom stereocenters. The lowest BCUT2D eigenvalue weighted by atomic mass is 10.0. The molecule has 1 aliphatic heterocycles. The van der Waals surface area contributed by atoms with Gasteiger partial charge < -0.3 is 10.6 Å². The van der Waals surface area contributed by atoms with E-state index >= 15 is 0 Å². The molecule has 7 nitrogen and oxygen atoms in total. The highest BCUT2D eigenvalue weighted by molar-refractivity contribution is 7.15. The minimum absolute atomic E-state index is 0.133. The molecule has 2 heterocycles. The van der Waals surface area contributed by atoms with Crippen molar-refractivity contribution in [1.82, 2.24) is 20.8 Å². The van der Waals surface area contributed by atoms with Gasteiger partial charge in [0.1, 0.15) is 0 Å². The summed E-state index contributed by atoms with van der Waals surface area (Å²) in [6.45, 7) is 4.76. The Hall–Kier alpha value is -2.01. The fourth-order valence-electron chi connectivity index (χ4n) is 2.23. The van der Waals surface area contributed by atoms with Crippen LogP contribution in [0.25, 0.3) is 0 Å². The molecule has 1 saturated heterocycles. The molecule has 2 amide bonds. The fraction of sp³-hybridized carbons (Fsp3) is 0.600. The Morgan fingerprint density at radius 2 is 2.08 bits per heavy atom. The summed E-state index contributed by atoms with van der Waals surface area (Å²) in [4.78, 5) is 23.9. The van der Waals surface area contributed by atoms with E-state index in [0.29, 0.717) is 6.42 Å². The Bertz CT molecular complexity index is 670. The van der Waals surface area contributed by atoms with Gasteiger partial charge in [0.25, 0.3) is 0 Å². The zero-order chi connectivity index (χ0) is 19.3. The molecule has 0 spiro atoms. The first kappa shape index (κ1) is 20.3.